The van der Waals surface area contributed by atoms with Crippen LogP contribution >= 0.6 is 37.0 Å². The van der Waals surface area contributed by atoms with E-state index in [1.807, 2.05) is 18.2 Å². The van der Waals surface area contributed by atoms with Crippen molar-refractivity contribution in [1.29, 1.82) is 0 Å². The van der Waals surface area contributed by atoms with E-state index in [1.54, 1.807) is 12.4 Å². The maximum absolute atomic E-state index is 5.01. The molecule has 4 N–H and O–H groups in total. The Labute approximate surface area is 105 Å². The van der Waals surface area contributed by atoms with Crippen molar-refractivity contribution in [3.05, 3.63) is 30.1 Å². The average molecular weight is 268 g/mol. The molecule has 1 rings (SSSR count). The number of nitrogens with two attached hydrogens (primary N) is 1. The summed E-state index contributed by atoms with van der Waals surface area (Å²) in [6.07, 6.45) is 3.23. The number of thiocarbonyl (C=S) groups is 1. The topological polar surface area (TPSA) is 75.3 Å². The quantitative estimate of drug-likeness (QED) is 0.317. The molecule has 0 saturated carbocycles. The van der Waals surface area contributed by atoms with Crippen molar-refractivity contribution in [2.24, 2.45) is 10.9 Å². The number of hydrogen-bond acceptors (Lipinski definition) is 4. The zero-order chi connectivity index (χ0) is 9.52. The first-order valence-corrected chi connectivity index (χ1v) is 3.94. The van der Waals surface area contributed by atoms with Gasteiger partial charge in [0, 0.05) is 6.20 Å². The molecule has 0 unspecified atom stereocenters. The van der Waals surface area contributed by atoms with Gasteiger partial charge in [-0.2, -0.15) is 5.10 Å². The normalized spacial score (nSPS) is 8.60. The van der Waals surface area contributed by atoms with Crippen LogP contribution < -0.4 is 16.7 Å². The van der Waals surface area contributed by atoms with Gasteiger partial charge in [-0.3, -0.25) is 15.8 Å². The number of hydrazone groups is 1. The van der Waals surface area contributed by atoms with E-state index in [0.29, 0.717) is 0 Å². The number of nitrogens with zero attached hydrogens (tertiary/aromatic N) is 2. The number of rotatable bonds is 2. The first-order chi connectivity index (χ1) is 6.33. The Morgan fingerprint density at radius 3 is 2.73 bits per heavy atom. The van der Waals surface area contributed by atoms with Crippen molar-refractivity contribution in [3.8, 4) is 0 Å². The van der Waals surface area contributed by atoms with Crippen LogP contribution in [-0.4, -0.2) is 16.3 Å². The molecule has 15 heavy (non-hydrogen) atoms. The van der Waals surface area contributed by atoms with Gasteiger partial charge in [0.2, 0.25) is 5.11 Å². The molecule has 0 bridgehead atoms. The second-order valence-corrected chi connectivity index (χ2v) is 2.51. The van der Waals surface area contributed by atoms with Crippen LogP contribution in [0, 0.1) is 0 Å². The smallest absolute Gasteiger partial charge is 0.201 e. The Morgan fingerprint density at radius 1 is 1.47 bits per heavy atom. The van der Waals surface area contributed by atoms with Gasteiger partial charge in [0.05, 0.1) is 11.9 Å². The van der Waals surface area contributed by atoms with E-state index in [1.165, 1.54) is 0 Å². The number of pyridine rings is 1. The fourth-order valence-corrected chi connectivity index (χ4v) is 0.694. The van der Waals surface area contributed by atoms with Gasteiger partial charge >= 0.3 is 0 Å². The lowest BCUT2D eigenvalue weighted by atomic mass is 10.4. The van der Waals surface area contributed by atoms with Gasteiger partial charge in [-0.05, 0) is 24.4 Å². The van der Waals surface area contributed by atoms with Crippen molar-refractivity contribution >= 4 is 48.4 Å². The van der Waals surface area contributed by atoms with Crippen LogP contribution in [0.2, 0.25) is 0 Å². The largest absolute Gasteiger partial charge is 0.300 e. The molecule has 1 aromatic heterocycles. The summed E-state index contributed by atoms with van der Waals surface area (Å²) in [4.78, 5) is 4.02. The molecule has 8 heteroatoms. The van der Waals surface area contributed by atoms with Crippen molar-refractivity contribution in [1.82, 2.24) is 15.8 Å². The lowest BCUT2D eigenvalue weighted by Crippen LogP contribution is -2.37. The first kappa shape index (κ1) is 16.5. The van der Waals surface area contributed by atoms with Crippen LogP contribution in [0.3, 0.4) is 0 Å². The molecule has 1 heterocycles. The summed E-state index contributed by atoms with van der Waals surface area (Å²) in [7, 11) is 0. The standard InChI is InChI=1S/C7H9N5S.2ClH/c8-11-7(13)12-10-5-6-3-1-2-4-9-6;;/h1-5H,8H2,(H2,11,12,13);2*1H/b10-5+;;. The predicted molar refractivity (Wildman–Crippen MR) is 69.4 cm³/mol. The second-order valence-electron chi connectivity index (χ2n) is 2.10. The maximum atomic E-state index is 5.01. The highest BCUT2D eigenvalue weighted by atomic mass is 35.5. The SMILES string of the molecule is Cl.Cl.NNC(=S)N/N=C/c1ccccn1. The fourth-order valence-electron chi connectivity index (χ4n) is 0.642. The lowest BCUT2D eigenvalue weighted by molar-refractivity contribution is 0.929. The summed E-state index contributed by atoms with van der Waals surface area (Å²) < 4.78 is 0. The van der Waals surface area contributed by atoms with Gasteiger partial charge in [-0.25, -0.2) is 5.84 Å². The molecule has 84 valence electrons. The average Bonchev–Trinajstić information content (AvgIpc) is 2.19. The molecule has 0 radical (unpaired) electrons. The third-order valence-electron chi connectivity index (χ3n) is 1.18. The first-order valence-electron chi connectivity index (χ1n) is 3.53. The zero-order valence-corrected chi connectivity index (χ0v) is 10.0. The molecule has 0 saturated heterocycles. The van der Waals surface area contributed by atoms with Gasteiger partial charge in [-0.15, -0.1) is 24.8 Å². The Morgan fingerprint density at radius 2 is 2.20 bits per heavy atom. The Hall–Kier alpha value is -0.950. The van der Waals surface area contributed by atoms with Crippen LogP contribution in [0.1, 0.15) is 5.69 Å². The van der Waals surface area contributed by atoms with E-state index in [4.69, 9.17) is 5.84 Å². The van der Waals surface area contributed by atoms with Crippen molar-refractivity contribution in [3.63, 3.8) is 0 Å². The summed E-state index contributed by atoms with van der Waals surface area (Å²) in [6, 6.07) is 5.52. The highest BCUT2D eigenvalue weighted by Gasteiger charge is 1.86. The number of hydrazine groups is 1. The fraction of sp³-hybridized carbons (Fsp3) is 0. The van der Waals surface area contributed by atoms with Gasteiger partial charge in [0.15, 0.2) is 0 Å². The third-order valence-corrected chi connectivity index (χ3v) is 1.39. The monoisotopic (exact) mass is 267 g/mol. The molecule has 0 aromatic carbocycles. The molecular formula is C7H11Cl2N5S. The molecule has 0 amide bonds. The summed E-state index contributed by atoms with van der Waals surface area (Å²) in [5.41, 5.74) is 5.49. The molecule has 0 aliphatic heterocycles. The number of hydrogen-bond donors (Lipinski definition) is 3. The Kier molecular flexibility index (Phi) is 10.5. The Bertz CT molecular complexity index is 306. The predicted octanol–water partition coefficient (Wildman–Crippen LogP) is 0.597. The molecule has 0 aliphatic carbocycles. The molecule has 0 atom stereocenters. The minimum absolute atomic E-state index is 0. The van der Waals surface area contributed by atoms with Crippen LogP contribution in [0.4, 0.5) is 0 Å². The van der Waals surface area contributed by atoms with Crippen LogP contribution in [-0.2, 0) is 0 Å². The van der Waals surface area contributed by atoms with Gasteiger partial charge < -0.3 is 0 Å². The summed E-state index contributed by atoms with van der Waals surface area (Å²) in [5, 5.41) is 4.05. The maximum Gasteiger partial charge on any atom is 0.201 e. The lowest BCUT2D eigenvalue weighted by Gasteiger charge is -1.98. The molecule has 0 fully saturated rings. The molecule has 1 aromatic rings. The van der Waals surface area contributed by atoms with E-state index in [9.17, 15) is 0 Å². The van der Waals surface area contributed by atoms with Crippen LogP contribution in [0.25, 0.3) is 0 Å². The summed E-state index contributed by atoms with van der Waals surface area (Å²) in [6.45, 7) is 0. The van der Waals surface area contributed by atoms with E-state index in [2.05, 4.69) is 33.2 Å². The van der Waals surface area contributed by atoms with Crippen LogP contribution in [0.15, 0.2) is 29.5 Å². The minimum Gasteiger partial charge on any atom is -0.300 e. The van der Waals surface area contributed by atoms with E-state index < -0.39 is 0 Å². The molecule has 0 aliphatic rings. The zero-order valence-electron chi connectivity index (χ0n) is 7.58. The van der Waals surface area contributed by atoms with Crippen LogP contribution in [0.5, 0.6) is 0 Å². The third kappa shape index (κ3) is 7.03. The Balaban J connectivity index is 0. The van der Waals surface area contributed by atoms with E-state index in [0.717, 1.165) is 5.69 Å². The minimum atomic E-state index is 0. The van der Waals surface area contributed by atoms with Crippen molar-refractivity contribution in [2.45, 2.75) is 0 Å². The molecule has 0 spiro atoms. The van der Waals surface area contributed by atoms with Crippen molar-refractivity contribution in [2.75, 3.05) is 0 Å². The van der Waals surface area contributed by atoms with E-state index >= 15 is 0 Å². The molecular weight excluding hydrogens is 257 g/mol. The van der Waals surface area contributed by atoms with Gasteiger partial charge in [0.1, 0.15) is 0 Å². The van der Waals surface area contributed by atoms with E-state index in [-0.39, 0.29) is 29.9 Å². The number of halogens is 2. The highest BCUT2D eigenvalue weighted by Crippen LogP contribution is 1.87. The second kappa shape index (κ2) is 9.60. The summed E-state index contributed by atoms with van der Waals surface area (Å²) >= 11 is 4.69. The number of aromatic nitrogens is 1. The number of nitrogens with one attached hydrogen (secondary N) is 2. The van der Waals surface area contributed by atoms with Crippen molar-refractivity contribution < 1.29 is 0 Å². The molecule has 5 nitrogen and oxygen atoms in total. The van der Waals surface area contributed by atoms with Gasteiger partial charge in [-0.1, -0.05) is 6.07 Å². The summed E-state index contributed by atoms with van der Waals surface area (Å²) in [5.74, 6) is 5.01. The highest BCUT2D eigenvalue weighted by molar-refractivity contribution is 7.80. The van der Waals surface area contributed by atoms with Gasteiger partial charge in [0.25, 0.3) is 0 Å².